The Balaban J connectivity index is 1.85. The molecule has 3 unspecified atom stereocenters. The first-order valence-electron chi connectivity index (χ1n) is 6.90. The van der Waals surface area contributed by atoms with Gasteiger partial charge in [-0.25, -0.2) is 0 Å². The third-order valence-electron chi connectivity index (χ3n) is 5.41. The van der Waals surface area contributed by atoms with Crippen LogP contribution in [0.15, 0.2) is 0 Å². The summed E-state index contributed by atoms with van der Waals surface area (Å²) < 4.78 is 0. The zero-order valence-corrected chi connectivity index (χ0v) is 10.8. The lowest BCUT2D eigenvalue weighted by molar-refractivity contribution is -0.173. The molecule has 4 aliphatic rings. The number of nitrogens with one attached hydrogen (secondary N) is 1. The van der Waals surface area contributed by atoms with E-state index >= 15 is 0 Å². The summed E-state index contributed by atoms with van der Waals surface area (Å²) in [5.41, 5.74) is -0.249. The summed E-state index contributed by atoms with van der Waals surface area (Å²) in [6, 6.07) is 0.206. The van der Waals surface area contributed by atoms with Crippen LogP contribution in [-0.2, 0) is 4.79 Å². The summed E-state index contributed by atoms with van der Waals surface area (Å²) in [6.45, 7) is 3.71. The van der Waals surface area contributed by atoms with E-state index in [9.17, 15) is 9.90 Å². The zero-order chi connectivity index (χ0) is 12.3. The van der Waals surface area contributed by atoms with E-state index in [1.165, 1.54) is 19.3 Å². The Bertz CT molecular complexity index is 338. The summed E-state index contributed by atoms with van der Waals surface area (Å²) >= 11 is 0. The first-order valence-corrected chi connectivity index (χ1v) is 6.90. The molecule has 3 heteroatoms. The minimum absolute atomic E-state index is 0.0558. The molecule has 0 saturated heterocycles. The van der Waals surface area contributed by atoms with Gasteiger partial charge in [0, 0.05) is 13.0 Å². The van der Waals surface area contributed by atoms with Crippen LogP contribution in [0, 0.1) is 17.3 Å². The predicted molar refractivity (Wildman–Crippen MR) is 65.3 cm³/mol. The van der Waals surface area contributed by atoms with Crippen molar-refractivity contribution >= 4 is 5.91 Å². The molecule has 0 aromatic rings. The Kier molecular flexibility index (Phi) is 2.35. The Morgan fingerprint density at radius 3 is 2.35 bits per heavy atom. The number of carbonyl (C=O) groups excluding carboxylic acids is 1. The van der Waals surface area contributed by atoms with Gasteiger partial charge in [-0.15, -0.1) is 0 Å². The maximum Gasteiger partial charge on any atom is 0.217 e. The minimum atomic E-state index is -0.420. The summed E-state index contributed by atoms with van der Waals surface area (Å²) in [5, 5.41) is 13.7. The van der Waals surface area contributed by atoms with Crippen molar-refractivity contribution in [2.75, 3.05) is 0 Å². The molecule has 4 fully saturated rings. The van der Waals surface area contributed by atoms with Crippen molar-refractivity contribution in [3.63, 3.8) is 0 Å². The van der Waals surface area contributed by atoms with Gasteiger partial charge in [0.15, 0.2) is 0 Å². The second kappa shape index (κ2) is 3.47. The Labute approximate surface area is 103 Å². The lowest BCUT2D eigenvalue weighted by Crippen LogP contribution is -2.61. The van der Waals surface area contributed by atoms with Gasteiger partial charge >= 0.3 is 0 Å². The van der Waals surface area contributed by atoms with Crippen LogP contribution < -0.4 is 5.32 Å². The Hall–Kier alpha value is -0.570. The van der Waals surface area contributed by atoms with Crippen LogP contribution in [0.2, 0.25) is 0 Å². The SMILES string of the molecule is CC(=O)NC(C)C12CC3CC(CC(O)(C3)C1)C2. The number of hydrogen-bond donors (Lipinski definition) is 2. The van der Waals surface area contributed by atoms with Crippen molar-refractivity contribution in [1.29, 1.82) is 0 Å². The van der Waals surface area contributed by atoms with Crippen molar-refractivity contribution < 1.29 is 9.90 Å². The molecule has 1 amide bonds. The fourth-order valence-electron chi connectivity index (χ4n) is 5.25. The quantitative estimate of drug-likeness (QED) is 0.770. The second-order valence-electron chi connectivity index (χ2n) is 6.97. The Morgan fingerprint density at radius 2 is 1.88 bits per heavy atom. The monoisotopic (exact) mass is 237 g/mol. The highest BCUT2D eigenvalue weighted by Crippen LogP contribution is 2.62. The van der Waals surface area contributed by atoms with E-state index in [1.54, 1.807) is 6.92 Å². The van der Waals surface area contributed by atoms with E-state index in [0.29, 0.717) is 11.8 Å². The molecule has 0 aliphatic heterocycles. The number of aliphatic hydroxyl groups is 1. The van der Waals surface area contributed by atoms with E-state index in [1.807, 2.05) is 0 Å². The average Bonchev–Trinajstić information content (AvgIpc) is 2.11. The fraction of sp³-hybridized carbons (Fsp3) is 0.929. The standard InChI is InChI=1S/C14H23NO2/c1-9(15-10(2)16)13-4-11-3-12(5-13)7-14(17,6-11)8-13/h9,11-12,17H,3-8H2,1-2H3,(H,15,16). The summed E-state index contributed by atoms with van der Waals surface area (Å²) in [6.07, 6.45) is 6.60. The van der Waals surface area contributed by atoms with E-state index < -0.39 is 5.60 Å². The van der Waals surface area contributed by atoms with Crippen LogP contribution in [-0.4, -0.2) is 22.7 Å². The van der Waals surface area contributed by atoms with Gasteiger partial charge in [-0.05, 0) is 62.7 Å². The molecule has 4 bridgehead atoms. The molecule has 0 radical (unpaired) electrons. The van der Waals surface area contributed by atoms with Gasteiger partial charge in [0.25, 0.3) is 0 Å². The highest BCUT2D eigenvalue weighted by atomic mass is 16.3. The van der Waals surface area contributed by atoms with Crippen molar-refractivity contribution in [2.24, 2.45) is 17.3 Å². The van der Waals surface area contributed by atoms with E-state index in [0.717, 1.165) is 19.3 Å². The normalized spacial score (nSPS) is 49.1. The third kappa shape index (κ3) is 1.79. The highest BCUT2D eigenvalue weighted by molar-refractivity contribution is 5.73. The summed E-state index contributed by atoms with van der Waals surface area (Å²) in [7, 11) is 0. The molecular weight excluding hydrogens is 214 g/mol. The van der Waals surface area contributed by atoms with E-state index in [-0.39, 0.29) is 17.4 Å². The van der Waals surface area contributed by atoms with Gasteiger partial charge in [-0.2, -0.15) is 0 Å². The van der Waals surface area contributed by atoms with Crippen molar-refractivity contribution in [2.45, 2.75) is 64.0 Å². The number of rotatable bonds is 2. The van der Waals surface area contributed by atoms with Crippen LogP contribution in [0.5, 0.6) is 0 Å². The molecule has 0 aromatic carbocycles. The molecule has 2 N–H and O–H groups in total. The molecule has 4 saturated carbocycles. The molecular formula is C14H23NO2. The Morgan fingerprint density at radius 1 is 1.29 bits per heavy atom. The molecule has 0 spiro atoms. The predicted octanol–water partition coefficient (Wildman–Crippen LogP) is 1.84. The van der Waals surface area contributed by atoms with Crippen molar-refractivity contribution in [3.05, 3.63) is 0 Å². The third-order valence-corrected chi connectivity index (χ3v) is 5.41. The molecule has 17 heavy (non-hydrogen) atoms. The molecule has 4 aliphatic carbocycles. The lowest BCUT2D eigenvalue weighted by Gasteiger charge is -2.62. The maximum absolute atomic E-state index is 11.3. The van der Waals surface area contributed by atoms with Crippen LogP contribution in [0.25, 0.3) is 0 Å². The topological polar surface area (TPSA) is 49.3 Å². The zero-order valence-electron chi connectivity index (χ0n) is 10.8. The van der Waals surface area contributed by atoms with Gasteiger partial charge in [0.05, 0.1) is 5.60 Å². The lowest BCUT2D eigenvalue weighted by atomic mass is 9.46. The van der Waals surface area contributed by atoms with Crippen molar-refractivity contribution in [3.8, 4) is 0 Å². The molecule has 0 aromatic heterocycles. The van der Waals surface area contributed by atoms with Gasteiger partial charge in [-0.1, -0.05) is 0 Å². The van der Waals surface area contributed by atoms with Gasteiger partial charge in [-0.3, -0.25) is 4.79 Å². The fourth-order valence-corrected chi connectivity index (χ4v) is 5.25. The molecule has 3 atom stereocenters. The molecule has 96 valence electrons. The van der Waals surface area contributed by atoms with Gasteiger partial charge in [0.2, 0.25) is 5.91 Å². The second-order valence-corrected chi connectivity index (χ2v) is 6.97. The summed E-state index contributed by atoms with van der Waals surface area (Å²) in [5.74, 6) is 1.44. The van der Waals surface area contributed by atoms with Crippen LogP contribution >= 0.6 is 0 Å². The molecule has 3 nitrogen and oxygen atoms in total. The number of hydrogen-bond acceptors (Lipinski definition) is 2. The molecule has 0 heterocycles. The van der Waals surface area contributed by atoms with E-state index in [4.69, 9.17) is 0 Å². The van der Waals surface area contributed by atoms with Crippen LogP contribution in [0.4, 0.5) is 0 Å². The first-order chi connectivity index (χ1) is 7.91. The minimum Gasteiger partial charge on any atom is -0.390 e. The van der Waals surface area contributed by atoms with Gasteiger partial charge < -0.3 is 10.4 Å². The maximum atomic E-state index is 11.3. The average molecular weight is 237 g/mol. The van der Waals surface area contributed by atoms with Crippen molar-refractivity contribution in [1.82, 2.24) is 5.32 Å². The van der Waals surface area contributed by atoms with Gasteiger partial charge in [0.1, 0.15) is 0 Å². The number of amides is 1. The largest absolute Gasteiger partial charge is 0.390 e. The van der Waals surface area contributed by atoms with E-state index in [2.05, 4.69) is 12.2 Å². The van der Waals surface area contributed by atoms with Crippen LogP contribution in [0.3, 0.4) is 0 Å². The smallest absolute Gasteiger partial charge is 0.217 e. The van der Waals surface area contributed by atoms with Crippen LogP contribution in [0.1, 0.15) is 52.4 Å². The summed E-state index contributed by atoms with van der Waals surface area (Å²) in [4.78, 5) is 11.3. The molecule has 4 rings (SSSR count). The number of carbonyl (C=O) groups is 1. The first kappa shape index (κ1) is 11.5. The highest BCUT2D eigenvalue weighted by Gasteiger charge is 2.58.